The van der Waals surface area contributed by atoms with Crippen molar-refractivity contribution >= 4 is 55.8 Å². The van der Waals surface area contributed by atoms with Crippen molar-refractivity contribution in [1.29, 1.82) is 0 Å². The molecule has 1 aliphatic heterocycles. The fraction of sp³-hybridized carbons (Fsp3) is 0.360. The molecular formula is C25H30ClFN6O2S. The lowest BCUT2D eigenvalue weighted by Crippen LogP contribution is -2.52. The molecule has 36 heavy (non-hydrogen) atoms. The number of hydrogen-bond acceptors (Lipinski definition) is 7. The summed E-state index contributed by atoms with van der Waals surface area (Å²) in [4.78, 5) is 13.4. The predicted molar refractivity (Wildman–Crippen MR) is 145 cm³/mol. The number of aromatic nitrogens is 2. The zero-order chi connectivity index (χ0) is 26.1. The Balaban J connectivity index is 1.72. The summed E-state index contributed by atoms with van der Waals surface area (Å²) >= 11 is 5.91. The van der Waals surface area contributed by atoms with Crippen molar-refractivity contribution in [3.63, 3.8) is 0 Å². The summed E-state index contributed by atoms with van der Waals surface area (Å²) in [5.74, 6) is -0.0853. The molecule has 1 aliphatic rings. The van der Waals surface area contributed by atoms with Crippen molar-refractivity contribution in [2.24, 2.45) is 0 Å². The normalized spacial score (nSPS) is 16.1. The molecule has 2 heterocycles. The molecule has 3 aromatic rings. The van der Waals surface area contributed by atoms with Gasteiger partial charge in [-0.3, -0.25) is 9.62 Å². The first-order valence-corrected chi connectivity index (χ1v) is 13.8. The first-order chi connectivity index (χ1) is 16.9. The van der Waals surface area contributed by atoms with Gasteiger partial charge in [-0.1, -0.05) is 23.8 Å². The monoisotopic (exact) mass is 532 g/mol. The van der Waals surface area contributed by atoms with Gasteiger partial charge in [-0.05, 0) is 51.2 Å². The van der Waals surface area contributed by atoms with Crippen molar-refractivity contribution in [2.75, 3.05) is 49.5 Å². The molecule has 1 fully saturated rings. The third kappa shape index (κ3) is 6.31. The third-order valence-corrected chi connectivity index (χ3v) is 7.15. The quantitative estimate of drug-likeness (QED) is 0.460. The number of rotatable bonds is 7. The number of fused-ring (bicyclic) bond motifs is 1. The highest BCUT2D eigenvalue weighted by Gasteiger charge is 2.26. The lowest BCUT2D eigenvalue weighted by molar-refractivity contribution is 0.0900. The van der Waals surface area contributed by atoms with Crippen LogP contribution in [-0.2, 0) is 10.0 Å². The van der Waals surface area contributed by atoms with Crippen LogP contribution < -0.4 is 10.0 Å². The number of piperazine rings is 1. The summed E-state index contributed by atoms with van der Waals surface area (Å²) in [5.41, 5.74) is 2.03. The molecule has 8 nitrogen and oxygen atoms in total. The van der Waals surface area contributed by atoms with Gasteiger partial charge in [-0.25, -0.2) is 22.8 Å². The molecule has 0 radical (unpaired) electrons. The third-order valence-electron chi connectivity index (χ3n) is 6.27. The Labute approximate surface area is 216 Å². The number of halogens is 2. The maximum absolute atomic E-state index is 13.6. The van der Waals surface area contributed by atoms with Crippen molar-refractivity contribution in [3.8, 4) is 0 Å². The number of benzene rings is 2. The highest BCUT2D eigenvalue weighted by molar-refractivity contribution is 7.92. The number of hydrogen-bond donors (Lipinski definition) is 2. The molecule has 1 saturated heterocycles. The second-order valence-corrected chi connectivity index (χ2v) is 11.7. The van der Waals surface area contributed by atoms with Gasteiger partial charge in [0.05, 0.1) is 22.5 Å². The van der Waals surface area contributed by atoms with Crippen LogP contribution in [0.3, 0.4) is 0 Å². The number of sulfonamides is 1. The molecule has 0 bridgehead atoms. The lowest BCUT2D eigenvalue weighted by atomic mass is 9.98. The molecule has 0 unspecified atom stereocenters. The zero-order valence-electron chi connectivity index (χ0n) is 20.7. The number of nitrogens with zero attached hydrogens (tertiary/aromatic N) is 4. The van der Waals surface area contributed by atoms with Gasteiger partial charge >= 0.3 is 0 Å². The number of likely N-dealkylation sites (N-methyl/N-ethyl adjacent to an activating group) is 1. The van der Waals surface area contributed by atoms with Crippen LogP contribution in [0.2, 0.25) is 5.02 Å². The second kappa shape index (κ2) is 10.3. The van der Waals surface area contributed by atoms with Gasteiger partial charge in [0, 0.05) is 48.4 Å². The van der Waals surface area contributed by atoms with Crippen LogP contribution in [0.4, 0.5) is 21.6 Å². The highest BCUT2D eigenvalue weighted by Crippen LogP contribution is 2.32. The molecule has 11 heteroatoms. The molecule has 2 aromatic carbocycles. The Bertz CT molecular complexity index is 1410. The Morgan fingerprint density at radius 2 is 1.83 bits per heavy atom. The molecule has 0 aliphatic carbocycles. The van der Waals surface area contributed by atoms with Crippen molar-refractivity contribution in [2.45, 2.75) is 19.4 Å². The number of nitrogens with one attached hydrogen (secondary N) is 2. The largest absolute Gasteiger partial charge is 0.340 e. The molecule has 0 atom stereocenters. The van der Waals surface area contributed by atoms with Crippen molar-refractivity contribution < 1.29 is 12.8 Å². The van der Waals surface area contributed by atoms with E-state index in [1.54, 1.807) is 12.1 Å². The molecule has 1 aromatic heterocycles. The minimum atomic E-state index is -3.55. The van der Waals surface area contributed by atoms with Crippen LogP contribution in [0, 0.1) is 5.82 Å². The average molecular weight is 533 g/mol. The lowest BCUT2D eigenvalue weighted by Gasteiger charge is -2.41. The van der Waals surface area contributed by atoms with Gasteiger partial charge in [-0.15, -0.1) is 0 Å². The molecule has 0 amide bonds. The maximum Gasteiger partial charge on any atom is 0.229 e. The van der Waals surface area contributed by atoms with Crippen LogP contribution in [0.25, 0.3) is 17.0 Å². The Kier molecular flexibility index (Phi) is 7.51. The van der Waals surface area contributed by atoms with E-state index < -0.39 is 15.8 Å². The Morgan fingerprint density at radius 1 is 1.11 bits per heavy atom. The summed E-state index contributed by atoms with van der Waals surface area (Å²) in [7, 11) is -1.43. The molecule has 4 rings (SSSR count). The van der Waals surface area contributed by atoms with Gasteiger partial charge in [0.15, 0.2) is 0 Å². The summed E-state index contributed by atoms with van der Waals surface area (Å²) in [5, 5.41) is 3.70. The smallest absolute Gasteiger partial charge is 0.229 e. The molecule has 2 N–H and O–H groups in total. The first-order valence-electron chi connectivity index (χ1n) is 11.5. The van der Waals surface area contributed by atoms with E-state index in [1.165, 1.54) is 18.5 Å². The fourth-order valence-electron chi connectivity index (χ4n) is 4.14. The minimum Gasteiger partial charge on any atom is -0.340 e. The van der Waals surface area contributed by atoms with Gasteiger partial charge in [0.2, 0.25) is 10.0 Å². The Morgan fingerprint density at radius 3 is 2.50 bits per heavy atom. The van der Waals surface area contributed by atoms with Crippen LogP contribution in [-0.4, -0.2) is 73.2 Å². The van der Waals surface area contributed by atoms with Crippen LogP contribution >= 0.6 is 11.6 Å². The molecule has 192 valence electrons. The zero-order valence-corrected chi connectivity index (χ0v) is 22.3. The van der Waals surface area contributed by atoms with Gasteiger partial charge in [0.25, 0.3) is 0 Å². The van der Waals surface area contributed by atoms with Gasteiger partial charge < -0.3 is 10.2 Å². The Hall–Kier alpha value is -2.79. The SMILES string of the molecule is CN1CCN(C(C)(C)C=Cc2cc3ncnc(Nc4ccc(F)c(Cl)c4)c3cc2NS(C)(=O)=O)CC1. The van der Waals surface area contributed by atoms with E-state index in [0.29, 0.717) is 33.7 Å². The van der Waals surface area contributed by atoms with Crippen molar-refractivity contribution in [1.82, 2.24) is 19.8 Å². The van der Waals surface area contributed by atoms with E-state index in [9.17, 15) is 12.8 Å². The topological polar surface area (TPSA) is 90.5 Å². The first kappa shape index (κ1) is 26.3. The molecule has 0 saturated carbocycles. The van der Waals surface area contributed by atoms with E-state index >= 15 is 0 Å². The number of anilines is 3. The summed E-state index contributed by atoms with van der Waals surface area (Å²) in [6.07, 6.45) is 6.55. The van der Waals surface area contributed by atoms with Crippen LogP contribution in [0.5, 0.6) is 0 Å². The molecular weight excluding hydrogens is 503 g/mol. The van der Waals surface area contributed by atoms with E-state index in [2.05, 4.69) is 56.8 Å². The van der Waals surface area contributed by atoms with E-state index in [0.717, 1.165) is 32.4 Å². The maximum atomic E-state index is 13.6. The van der Waals surface area contributed by atoms with E-state index in [1.807, 2.05) is 12.1 Å². The van der Waals surface area contributed by atoms with Gasteiger partial charge in [0.1, 0.15) is 18.0 Å². The second-order valence-electron chi connectivity index (χ2n) is 9.58. The standard InChI is InChI=1S/C25H30ClFN6O2S/c1-25(2,33-11-9-32(3)10-12-33)8-7-17-13-23-19(15-22(17)31-36(4,34)35)24(29-16-28-23)30-18-5-6-21(27)20(26)14-18/h5-8,13-16,31H,9-12H2,1-4H3,(H,28,29,30). The average Bonchev–Trinajstić information content (AvgIpc) is 2.80. The predicted octanol–water partition coefficient (Wildman–Crippen LogP) is 4.58. The summed E-state index contributed by atoms with van der Waals surface area (Å²) in [6, 6.07) is 7.78. The van der Waals surface area contributed by atoms with E-state index in [4.69, 9.17) is 11.6 Å². The summed E-state index contributed by atoms with van der Waals surface area (Å²) in [6.45, 7) is 8.21. The van der Waals surface area contributed by atoms with E-state index in [-0.39, 0.29) is 10.6 Å². The van der Waals surface area contributed by atoms with Gasteiger partial charge in [-0.2, -0.15) is 0 Å². The minimum absolute atomic E-state index is 0.0202. The highest BCUT2D eigenvalue weighted by atomic mass is 35.5. The van der Waals surface area contributed by atoms with Crippen LogP contribution in [0.15, 0.2) is 42.7 Å². The summed E-state index contributed by atoms with van der Waals surface area (Å²) < 4.78 is 40.5. The van der Waals surface area contributed by atoms with Crippen LogP contribution in [0.1, 0.15) is 19.4 Å². The molecule has 0 spiro atoms. The fourth-order valence-corrected chi connectivity index (χ4v) is 4.89. The van der Waals surface area contributed by atoms with Crippen molar-refractivity contribution in [3.05, 3.63) is 59.1 Å².